The molecule has 0 fully saturated rings. The SMILES string of the molecule is N#C/C(C(=O)Nc1ccc(F)cc1F)=C(\O)COc1ccccc1. The van der Waals surface area contributed by atoms with Crippen molar-refractivity contribution in [3.8, 4) is 11.8 Å². The molecule has 2 aromatic rings. The van der Waals surface area contributed by atoms with E-state index in [0.717, 1.165) is 12.1 Å². The van der Waals surface area contributed by atoms with Crippen molar-refractivity contribution in [3.05, 3.63) is 71.5 Å². The number of ether oxygens (including phenoxy) is 1. The van der Waals surface area contributed by atoms with Gasteiger partial charge in [-0.3, -0.25) is 4.79 Å². The van der Waals surface area contributed by atoms with Crippen LogP contribution in [-0.2, 0) is 4.79 Å². The third-order valence-electron chi connectivity index (χ3n) is 2.93. The number of nitriles is 1. The summed E-state index contributed by atoms with van der Waals surface area (Å²) in [5.41, 5.74) is -0.944. The summed E-state index contributed by atoms with van der Waals surface area (Å²) in [6.45, 7) is -0.410. The fraction of sp³-hybridized carbons (Fsp3) is 0.0588. The molecule has 0 atom stereocenters. The van der Waals surface area contributed by atoms with Crippen molar-refractivity contribution >= 4 is 11.6 Å². The van der Waals surface area contributed by atoms with Crippen molar-refractivity contribution in [2.45, 2.75) is 0 Å². The fourth-order valence-electron chi connectivity index (χ4n) is 1.76. The highest BCUT2D eigenvalue weighted by molar-refractivity contribution is 6.06. The molecule has 5 nitrogen and oxygen atoms in total. The molecule has 0 spiro atoms. The van der Waals surface area contributed by atoms with Crippen LogP contribution < -0.4 is 10.1 Å². The second kappa shape index (κ2) is 7.74. The van der Waals surface area contributed by atoms with Crippen LogP contribution in [0.2, 0.25) is 0 Å². The first kappa shape index (κ1) is 17.0. The predicted octanol–water partition coefficient (Wildman–Crippen LogP) is 3.32. The number of amides is 1. The van der Waals surface area contributed by atoms with E-state index in [1.165, 1.54) is 6.07 Å². The first-order valence-corrected chi connectivity index (χ1v) is 6.77. The third kappa shape index (κ3) is 4.30. The molecule has 0 bridgehead atoms. The molecule has 0 aliphatic heterocycles. The van der Waals surface area contributed by atoms with Gasteiger partial charge in [0.1, 0.15) is 30.1 Å². The lowest BCUT2D eigenvalue weighted by molar-refractivity contribution is -0.112. The van der Waals surface area contributed by atoms with E-state index >= 15 is 0 Å². The zero-order chi connectivity index (χ0) is 17.5. The van der Waals surface area contributed by atoms with Gasteiger partial charge in [-0.2, -0.15) is 5.26 Å². The number of carbonyl (C=O) groups excluding carboxylic acids is 1. The molecule has 0 saturated heterocycles. The van der Waals surface area contributed by atoms with Crippen LogP contribution in [0.1, 0.15) is 0 Å². The molecule has 0 radical (unpaired) electrons. The van der Waals surface area contributed by atoms with Gasteiger partial charge in [0.15, 0.2) is 11.3 Å². The van der Waals surface area contributed by atoms with Crippen LogP contribution in [0.15, 0.2) is 59.9 Å². The van der Waals surface area contributed by atoms with Crippen LogP contribution in [0.25, 0.3) is 0 Å². The van der Waals surface area contributed by atoms with Crippen molar-refractivity contribution in [1.82, 2.24) is 0 Å². The van der Waals surface area contributed by atoms with Crippen molar-refractivity contribution in [1.29, 1.82) is 5.26 Å². The number of aliphatic hydroxyl groups is 1. The minimum atomic E-state index is -1.03. The average Bonchev–Trinajstić information content (AvgIpc) is 2.57. The molecule has 24 heavy (non-hydrogen) atoms. The zero-order valence-electron chi connectivity index (χ0n) is 12.3. The number of halogens is 2. The molecule has 1 amide bonds. The second-order valence-corrected chi connectivity index (χ2v) is 4.61. The predicted molar refractivity (Wildman–Crippen MR) is 82.2 cm³/mol. The summed E-state index contributed by atoms with van der Waals surface area (Å²) in [6, 6.07) is 12.5. The monoisotopic (exact) mass is 330 g/mol. The van der Waals surface area contributed by atoms with Gasteiger partial charge in [-0.15, -0.1) is 0 Å². The van der Waals surface area contributed by atoms with Gasteiger partial charge >= 0.3 is 0 Å². The summed E-state index contributed by atoms with van der Waals surface area (Å²) in [6.07, 6.45) is 0. The highest BCUT2D eigenvalue weighted by Crippen LogP contribution is 2.17. The topological polar surface area (TPSA) is 82.4 Å². The van der Waals surface area contributed by atoms with Gasteiger partial charge in [0.2, 0.25) is 0 Å². The van der Waals surface area contributed by atoms with Crippen LogP contribution in [0, 0.1) is 23.0 Å². The van der Waals surface area contributed by atoms with E-state index in [1.807, 2.05) is 0 Å². The number of nitrogens with one attached hydrogen (secondary N) is 1. The smallest absolute Gasteiger partial charge is 0.270 e. The van der Waals surface area contributed by atoms with Gasteiger partial charge in [0, 0.05) is 6.07 Å². The molecule has 0 aliphatic carbocycles. The molecule has 122 valence electrons. The Morgan fingerprint density at radius 3 is 2.54 bits per heavy atom. The van der Waals surface area contributed by atoms with Crippen LogP contribution in [0.5, 0.6) is 5.75 Å². The number of nitrogens with zero attached hydrogens (tertiary/aromatic N) is 1. The largest absolute Gasteiger partial charge is 0.507 e. The number of anilines is 1. The van der Waals surface area contributed by atoms with E-state index in [1.54, 1.807) is 30.3 Å². The summed E-state index contributed by atoms with van der Waals surface area (Å²) in [4.78, 5) is 12.0. The van der Waals surface area contributed by atoms with Crippen LogP contribution >= 0.6 is 0 Å². The molecule has 0 heterocycles. The Kier molecular flexibility index (Phi) is 5.47. The summed E-state index contributed by atoms with van der Waals surface area (Å²) in [5.74, 6) is -3.01. The number of carbonyl (C=O) groups is 1. The maximum atomic E-state index is 13.5. The van der Waals surface area contributed by atoms with Crippen LogP contribution in [0.3, 0.4) is 0 Å². The van der Waals surface area contributed by atoms with Gasteiger partial charge in [-0.05, 0) is 24.3 Å². The number of aliphatic hydroxyl groups excluding tert-OH is 1. The number of rotatable bonds is 5. The summed E-state index contributed by atoms with van der Waals surface area (Å²) < 4.78 is 31.6. The van der Waals surface area contributed by atoms with Crippen molar-refractivity contribution in [2.75, 3.05) is 11.9 Å². The minimum absolute atomic E-state index is 0.314. The van der Waals surface area contributed by atoms with E-state index in [-0.39, 0.29) is 5.69 Å². The normalized spacial score (nSPS) is 11.2. The van der Waals surface area contributed by atoms with Crippen molar-refractivity contribution in [3.63, 3.8) is 0 Å². The lowest BCUT2D eigenvalue weighted by Crippen LogP contribution is -2.18. The van der Waals surface area contributed by atoms with Crippen LogP contribution in [0.4, 0.5) is 14.5 Å². The van der Waals surface area contributed by atoms with Crippen LogP contribution in [-0.4, -0.2) is 17.6 Å². The molecule has 0 aromatic heterocycles. The number of benzene rings is 2. The highest BCUT2D eigenvalue weighted by Gasteiger charge is 2.17. The Morgan fingerprint density at radius 2 is 1.92 bits per heavy atom. The van der Waals surface area contributed by atoms with E-state index < -0.39 is 35.5 Å². The second-order valence-electron chi connectivity index (χ2n) is 4.61. The van der Waals surface area contributed by atoms with Crippen molar-refractivity contribution < 1.29 is 23.4 Å². The van der Waals surface area contributed by atoms with Gasteiger partial charge in [-0.25, -0.2) is 8.78 Å². The quantitative estimate of drug-likeness (QED) is 0.500. The Balaban J connectivity index is 2.10. The first-order chi connectivity index (χ1) is 11.5. The molecule has 7 heteroatoms. The molecule has 0 aliphatic rings. The maximum absolute atomic E-state index is 13.5. The van der Waals surface area contributed by atoms with Gasteiger partial charge in [0.25, 0.3) is 5.91 Å². The summed E-state index contributed by atoms with van der Waals surface area (Å²) >= 11 is 0. The third-order valence-corrected chi connectivity index (χ3v) is 2.93. The molecular formula is C17H12F2N2O3. The molecule has 0 saturated carbocycles. The maximum Gasteiger partial charge on any atom is 0.270 e. The molecule has 0 unspecified atom stereocenters. The first-order valence-electron chi connectivity index (χ1n) is 6.77. The lowest BCUT2D eigenvalue weighted by Gasteiger charge is -2.09. The van der Waals surface area contributed by atoms with E-state index in [2.05, 4.69) is 5.32 Å². The molecule has 2 aromatic carbocycles. The Bertz CT molecular complexity index is 814. The average molecular weight is 330 g/mol. The van der Waals surface area contributed by atoms with E-state index in [4.69, 9.17) is 10.00 Å². The van der Waals surface area contributed by atoms with E-state index in [0.29, 0.717) is 11.8 Å². The Hall–Kier alpha value is -3.40. The standard InChI is InChI=1S/C17H12F2N2O3/c18-11-6-7-15(14(19)8-11)21-17(23)13(9-20)16(22)10-24-12-4-2-1-3-5-12/h1-8,22H,10H2,(H,21,23)/b16-13+. The molecule has 2 N–H and O–H groups in total. The zero-order valence-corrected chi connectivity index (χ0v) is 12.3. The number of hydrogen-bond acceptors (Lipinski definition) is 4. The Labute approximate surface area is 136 Å². The minimum Gasteiger partial charge on any atom is -0.507 e. The lowest BCUT2D eigenvalue weighted by atomic mass is 10.2. The fourth-order valence-corrected chi connectivity index (χ4v) is 1.76. The van der Waals surface area contributed by atoms with Gasteiger partial charge < -0.3 is 15.2 Å². The summed E-state index contributed by atoms with van der Waals surface area (Å²) in [7, 11) is 0. The van der Waals surface area contributed by atoms with Gasteiger partial charge in [0.05, 0.1) is 5.69 Å². The molecular weight excluding hydrogens is 318 g/mol. The Morgan fingerprint density at radius 1 is 1.21 bits per heavy atom. The number of para-hydroxylation sites is 1. The highest BCUT2D eigenvalue weighted by atomic mass is 19.1. The van der Waals surface area contributed by atoms with E-state index in [9.17, 15) is 18.7 Å². The molecule has 2 rings (SSSR count). The van der Waals surface area contributed by atoms with Gasteiger partial charge in [-0.1, -0.05) is 18.2 Å². The number of hydrogen-bond donors (Lipinski definition) is 2. The summed E-state index contributed by atoms with van der Waals surface area (Å²) in [5, 5.41) is 21.0. The van der Waals surface area contributed by atoms with Crippen molar-refractivity contribution in [2.24, 2.45) is 0 Å².